The lowest BCUT2D eigenvalue weighted by atomic mass is 9.95. The van der Waals surface area contributed by atoms with Crippen LogP contribution in [0.1, 0.15) is 42.3 Å². The quantitative estimate of drug-likeness (QED) is 0.852. The smallest absolute Gasteiger partial charge is 0.415 e. The molecule has 1 atom stereocenters. The number of carbonyl (C=O) groups excluding carboxylic acids is 2. The number of amides is 1. The van der Waals surface area contributed by atoms with Gasteiger partial charge >= 0.3 is 6.09 Å². The first-order chi connectivity index (χ1) is 12.9. The molecule has 7 nitrogen and oxygen atoms in total. The van der Waals surface area contributed by atoms with Crippen LogP contribution in [0.3, 0.4) is 0 Å². The van der Waals surface area contributed by atoms with E-state index in [0.29, 0.717) is 13.1 Å². The minimum atomic E-state index is -0.557. The fraction of sp³-hybridized carbons (Fsp3) is 0.300. The predicted molar refractivity (Wildman–Crippen MR) is 97.5 cm³/mol. The van der Waals surface area contributed by atoms with E-state index in [1.165, 1.54) is 29.2 Å². The largest absolute Gasteiger partial charge is 0.508 e. The number of phenolic OH excluding ortho intramolecular Hbond substituents is 2. The van der Waals surface area contributed by atoms with Crippen LogP contribution in [-0.4, -0.2) is 40.1 Å². The first kappa shape index (κ1) is 18.6. The topological polar surface area (TPSA) is 96.3 Å². The van der Waals surface area contributed by atoms with Crippen molar-refractivity contribution in [1.82, 2.24) is 4.90 Å². The molecule has 0 aromatic heterocycles. The molecule has 0 bridgehead atoms. The zero-order valence-corrected chi connectivity index (χ0v) is 15.1. The van der Waals surface area contributed by atoms with Gasteiger partial charge < -0.3 is 24.6 Å². The molecule has 27 heavy (non-hydrogen) atoms. The molecule has 1 aliphatic heterocycles. The number of ether oxygens (including phenoxy) is 2. The number of aromatic hydroxyl groups is 2. The number of Topliss-reactive ketones (excluding diaryl/α,β-unsaturated/α-hetero) is 1. The number of rotatable bonds is 4. The highest BCUT2D eigenvalue weighted by Crippen LogP contribution is 2.42. The Morgan fingerprint density at radius 1 is 1.19 bits per heavy atom. The van der Waals surface area contributed by atoms with Gasteiger partial charge in [-0.25, -0.2) is 4.79 Å². The van der Waals surface area contributed by atoms with Crippen LogP contribution in [0.4, 0.5) is 4.79 Å². The maximum absolute atomic E-state index is 12.5. The van der Waals surface area contributed by atoms with Crippen LogP contribution >= 0.6 is 0 Å². The molecular weight excluding hydrogens is 350 g/mol. The van der Waals surface area contributed by atoms with E-state index in [9.17, 15) is 19.8 Å². The summed E-state index contributed by atoms with van der Waals surface area (Å²) in [4.78, 5) is 26.1. The van der Waals surface area contributed by atoms with E-state index in [4.69, 9.17) is 9.47 Å². The molecule has 7 heteroatoms. The summed E-state index contributed by atoms with van der Waals surface area (Å²) in [6.07, 6.45) is -1.04. The highest BCUT2D eigenvalue weighted by atomic mass is 16.6. The van der Waals surface area contributed by atoms with Gasteiger partial charge in [-0.1, -0.05) is 12.1 Å². The molecule has 0 aliphatic carbocycles. The van der Waals surface area contributed by atoms with Gasteiger partial charge in [-0.3, -0.25) is 4.79 Å². The molecular formula is C20H21NO6. The molecule has 1 amide bonds. The van der Waals surface area contributed by atoms with Crippen LogP contribution in [0, 0.1) is 0 Å². The number of hydrogen-bond acceptors (Lipinski definition) is 6. The number of carbonyl (C=O) groups is 2. The van der Waals surface area contributed by atoms with Gasteiger partial charge in [0.25, 0.3) is 0 Å². The maximum Gasteiger partial charge on any atom is 0.415 e. The Balaban J connectivity index is 1.88. The van der Waals surface area contributed by atoms with Gasteiger partial charge in [-0.2, -0.15) is 0 Å². The number of benzene rings is 2. The Kier molecular flexibility index (Phi) is 5.21. The predicted octanol–water partition coefficient (Wildman–Crippen LogP) is 3.64. The average molecular weight is 371 g/mol. The first-order valence-electron chi connectivity index (χ1n) is 8.75. The van der Waals surface area contributed by atoms with E-state index in [1.807, 2.05) is 13.8 Å². The van der Waals surface area contributed by atoms with Crippen LogP contribution < -0.4 is 9.47 Å². The number of ketones is 1. The van der Waals surface area contributed by atoms with Crippen LogP contribution in [0.25, 0.3) is 0 Å². The van der Waals surface area contributed by atoms with E-state index in [0.717, 1.165) is 5.56 Å². The minimum absolute atomic E-state index is 0.0594. The number of hydrogen-bond donors (Lipinski definition) is 2. The fourth-order valence-corrected chi connectivity index (χ4v) is 3.00. The van der Waals surface area contributed by atoms with Gasteiger partial charge in [0.05, 0.1) is 6.42 Å². The number of fused-ring (bicyclic) bond motifs is 1. The molecule has 0 fully saturated rings. The summed E-state index contributed by atoms with van der Waals surface area (Å²) < 4.78 is 11.2. The lowest BCUT2D eigenvalue weighted by Crippen LogP contribution is -2.33. The standard InChI is InChI=1S/C20H21NO6/c1-3-21(4-2)20(25)26-14-9-15(23)19-16(24)11-17(27-18(19)10-14)12-5-7-13(22)8-6-12/h5-10,17,22-23H,3-4,11H2,1-2H3. The zero-order valence-electron chi connectivity index (χ0n) is 15.1. The summed E-state index contributed by atoms with van der Waals surface area (Å²) >= 11 is 0. The van der Waals surface area contributed by atoms with Crippen LogP contribution in [0.5, 0.6) is 23.0 Å². The van der Waals surface area contributed by atoms with Gasteiger partial charge in [0, 0.05) is 25.2 Å². The molecule has 1 heterocycles. The SMILES string of the molecule is CCN(CC)C(=O)Oc1cc(O)c2c(c1)OC(c1ccc(O)cc1)CC2=O. The van der Waals surface area contributed by atoms with E-state index in [1.54, 1.807) is 12.1 Å². The molecule has 1 unspecified atom stereocenters. The van der Waals surface area contributed by atoms with Crippen LogP contribution in [-0.2, 0) is 0 Å². The monoisotopic (exact) mass is 371 g/mol. The maximum atomic E-state index is 12.5. The van der Waals surface area contributed by atoms with Gasteiger partial charge in [0.1, 0.15) is 34.7 Å². The molecule has 2 N–H and O–H groups in total. The van der Waals surface area contributed by atoms with Crippen LogP contribution in [0.2, 0.25) is 0 Å². The highest BCUT2D eigenvalue weighted by molar-refractivity contribution is 6.02. The van der Waals surface area contributed by atoms with Crippen molar-refractivity contribution in [2.24, 2.45) is 0 Å². The fourth-order valence-electron chi connectivity index (χ4n) is 3.00. The lowest BCUT2D eigenvalue weighted by molar-refractivity contribution is 0.0845. The third-order valence-electron chi connectivity index (χ3n) is 4.47. The summed E-state index contributed by atoms with van der Waals surface area (Å²) in [5.74, 6) is -0.184. The second-order valence-corrected chi connectivity index (χ2v) is 6.18. The Hall–Kier alpha value is -3.22. The summed E-state index contributed by atoms with van der Waals surface area (Å²) in [5.41, 5.74) is 0.796. The van der Waals surface area contributed by atoms with Gasteiger partial charge in [0.2, 0.25) is 0 Å². The van der Waals surface area contributed by atoms with Crippen molar-refractivity contribution in [3.63, 3.8) is 0 Å². The molecule has 1 aliphatic rings. The molecule has 0 saturated heterocycles. The van der Waals surface area contributed by atoms with Crippen molar-refractivity contribution in [1.29, 1.82) is 0 Å². The first-order valence-corrected chi connectivity index (χ1v) is 8.75. The second-order valence-electron chi connectivity index (χ2n) is 6.18. The normalized spacial score (nSPS) is 15.6. The summed E-state index contributed by atoms with van der Waals surface area (Å²) in [6, 6.07) is 9.03. The van der Waals surface area contributed by atoms with Crippen LogP contribution in [0.15, 0.2) is 36.4 Å². The molecule has 3 rings (SSSR count). The van der Waals surface area contributed by atoms with Gasteiger partial charge in [-0.05, 0) is 31.5 Å². The minimum Gasteiger partial charge on any atom is -0.508 e. The van der Waals surface area contributed by atoms with E-state index in [-0.39, 0.29) is 40.8 Å². The molecule has 0 radical (unpaired) electrons. The average Bonchev–Trinajstić information content (AvgIpc) is 2.62. The molecule has 0 saturated carbocycles. The number of phenols is 2. The van der Waals surface area contributed by atoms with E-state index in [2.05, 4.69) is 0 Å². The third-order valence-corrected chi connectivity index (χ3v) is 4.47. The Morgan fingerprint density at radius 2 is 1.85 bits per heavy atom. The van der Waals surface area contributed by atoms with Crippen molar-refractivity contribution < 1.29 is 29.3 Å². The van der Waals surface area contributed by atoms with E-state index >= 15 is 0 Å². The lowest BCUT2D eigenvalue weighted by Gasteiger charge is -2.26. The van der Waals surface area contributed by atoms with Crippen molar-refractivity contribution in [3.05, 3.63) is 47.5 Å². The third kappa shape index (κ3) is 3.81. The zero-order chi connectivity index (χ0) is 19.6. The Labute approximate surface area is 156 Å². The summed E-state index contributed by atoms with van der Waals surface area (Å²) in [5, 5.41) is 19.6. The Morgan fingerprint density at radius 3 is 2.48 bits per heavy atom. The molecule has 2 aromatic rings. The van der Waals surface area contributed by atoms with Crippen molar-refractivity contribution in [3.8, 4) is 23.0 Å². The van der Waals surface area contributed by atoms with E-state index < -0.39 is 12.2 Å². The van der Waals surface area contributed by atoms with Gasteiger partial charge in [0.15, 0.2) is 5.78 Å². The van der Waals surface area contributed by atoms with Crippen molar-refractivity contribution in [2.75, 3.05) is 13.1 Å². The van der Waals surface area contributed by atoms with Gasteiger partial charge in [-0.15, -0.1) is 0 Å². The molecule has 0 spiro atoms. The van der Waals surface area contributed by atoms with Crippen molar-refractivity contribution >= 4 is 11.9 Å². The number of nitrogens with zero attached hydrogens (tertiary/aromatic N) is 1. The Bertz CT molecular complexity index is 858. The highest BCUT2D eigenvalue weighted by Gasteiger charge is 2.31. The van der Waals surface area contributed by atoms with Crippen molar-refractivity contribution in [2.45, 2.75) is 26.4 Å². The second kappa shape index (κ2) is 7.57. The molecule has 2 aromatic carbocycles. The molecule has 142 valence electrons. The summed E-state index contributed by atoms with van der Waals surface area (Å²) in [6.45, 7) is 4.65. The summed E-state index contributed by atoms with van der Waals surface area (Å²) in [7, 11) is 0.